The Bertz CT molecular complexity index is 1130. The molecule has 6 nitrogen and oxygen atoms in total. The Morgan fingerprint density at radius 1 is 0.875 bits per heavy atom. The Labute approximate surface area is 194 Å². The first-order valence-electron chi connectivity index (χ1n) is 10.5. The number of fused-ring (bicyclic) bond motifs is 1. The summed E-state index contributed by atoms with van der Waals surface area (Å²) in [7, 11) is 0. The molecule has 2 aliphatic heterocycles. The third kappa shape index (κ3) is 3.47. The van der Waals surface area contributed by atoms with Crippen molar-refractivity contribution in [3.63, 3.8) is 0 Å². The molecule has 2 fully saturated rings. The van der Waals surface area contributed by atoms with Crippen molar-refractivity contribution in [2.75, 3.05) is 16.6 Å². The molecule has 2 heterocycles. The number of hydrogen-bond donors (Lipinski definition) is 0. The molecule has 0 radical (unpaired) electrons. The van der Waals surface area contributed by atoms with E-state index < -0.39 is 18.1 Å². The first kappa shape index (κ1) is 20.7. The highest BCUT2D eigenvalue weighted by Crippen LogP contribution is 2.47. The molecule has 7 heteroatoms. The Kier molecular flexibility index (Phi) is 5.45. The predicted octanol–water partition coefficient (Wildman–Crippen LogP) is 4.90. The van der Waals surface area contributed by atoms with Gasteiger partial charge in [-0.25, -0.2) is 9.96 Å². The number of hydroxylamine groups is 1. The second kappa shape index (κ2) is 8.41. The molecule has 0 N–H and O–H groups in total. The number of imide groups is 1. The van der Waals surface area contributed by atoms with Gasteiger partial charge in [0.1, 0.15) is 11.7 Å². The Morgan fingerprint density at radius 2 is 1.56 bits per heavy atom. The van der Waals surface area contributed by atoms with E-state index in [1.165, 1.54) is 4.90 Å². The van der Waals surface area contributed by atoms with Gasteiger partial charge in [-0.15, -0.1) is 0 Å². The number of benzene rings is 3. The van der Waals surface area contributed by atoms with Crippen LogP contribution in [0.2, 0.25) is 0 Å². The van der Waals surface area contributed by atoms with Crippen LogP contribution in [0.15, 0.2) is 83.3 Å². The first-order chi connectivity index (χ1) is 15.6. The maximum absolute atomic E-state index is 13.6. The number of halogens is 1. The molecule has 0 saturated carbocycles. The zero-order chi connectivity index (χ0) is 22.2. The van der Waals surface area contributed by atoms with Crippen molar-refractivity contribution >= 4 is 39.1 Å². The minimum Gasteiger partial charge on any atom is -0.494 e. The molecular formula is C25H21BrN2O4. The standard InChI is InChI=1S/C25H21BrN2O4/c1-2-31-20-14-12-18(13-15-20)27-24(29)21-22(16-8-10-17(26)11-9-16)28(32-23(21)25(27)30)19-6-4-3-5-7-19/h3-15,21-23H,2H2,1H3/t21-,22-,23-/m1/s1. The molecule has 0 bridgehead atoms. The van der Waals surface area contributed by atoms with Crippen LogP contribution in [0.25, 0.3) is 0 Å². The molecule has 5 rings (SSSR count). The van der Waals surface area contributed by atoms with Gasteiger partial charge in [0.25, 0.3) is 5.91 Å². The lowest BCUT2D eigenvalue weighted by atomic mass is 9.90. The summed E-state index contributed by atoms with van der Waals surface area (Å²) in [6, 6.07) is 23.8. The van der Waals surface area contributed by atoms with Crippen molar-refractivity contribution in [1.82, 2.24) is 0 Å². The molecule has 0 unspecified atom stereocenters. The normalized spacial score (nSPS) is 22.4. The third-order valence-electron chi connectivity index (χ3n) is 5.74. The van der Waals surface area contributed by atoms with Crippen LogP contribution in [0.4, 0.5) is 11.4 Å². The highest BCUT2D eigenvalue weighted by molar-refractivity contribution is 9.10. The summed E-state index contributed by atoms with van der Waals surface area (Å²) in [6.45, 7) is 2.45. The average molecular weight is 493 g/mol. The van der Waals surface area contributed by atoms with Crippen LogP contribution < -0.4 is 14.7 Å². The number of para-hydroxylation sites is 1. The monoisotopic (exact) mass is 492 g/mol. The summed E-state index contributed by atoms with van der Waals surface area (Å²) < 4.78 is 6.41. The number of carbonyl (C=O) groups is 2. The van der Waals surface area contributed by atoms with Gasteiger partial charge in [-0.2, -0.15) is 0 Å². The molecule has 2 saturated heterocycles. The number of nitrogens with zero attached hydrogens (tertiary/aromatic N) is 2. The van der Waals surface area contributed by atoms with Gasteiger partial charge in [0.15, 0.2) is 6.10 Å². The maximum atomic E-state index is 13.6. The van der Waals surface area contributed by atoms with E-state index in [0.29, 0.717) is 18.0 Å². The van der Waals surface area contributed by atoms with E-state index in [2.05, 4.69) is 15.9 Å². The summed E-state index contributed by atoms with van der Waals surface area (Å²) in [5.74, 6) is -0.592. The molecule has 2 amide bonds. The molecule has 2 aliphatic rings. The molecule has 3 atom stereocenters. The highest BCUT2D eigenvalue weighted by Gasteiger charge is 2.60. The maximum Gasteiger partial charge on any atom is 0.266 e. The smallest absolute Gasteiger partial charge is 0.266 e. The summed E-state index contributed by atoms with van der Waals surface area (Å²) in [5, 5.41) is 1.70. The van der Waals surface area contributed by atoms with Crippen LogP contribution in [0, 0.1) is 5.92 Å². The van der Waals surface area contributed by atoms with Gasteiger partial charge >= 0.3 is 0 Å². The lowest BCUT2D eigenvalue weighted by Crippen LogP contribution is -2.37. The Balaban J connectivity index is 1.53. The van der Waals surface area contributed by atoms with Crippen LogP contribution in [0.5, 0.6) is 5.75 Å². The van der Waals surface area contributed by atoms with Gasteiger partial charge in [0, 0.05) is 4.47 Å². The van der Waals surface area contributed by atoms with E-state index in [9.17, 15) is 9.59 Å². The average Bonchev–Trinajstić information content (AvgIpc) is 3.32. The lowest BCUT2D eigenvalue weighted by molar-refractivity contribution is -0.126. The van der Waals surface area contributed by atoms with Gasteiger partial charge in [-0.05, 0) is 61.0 Å². The van der Waals surface area contributed by atoms with Crippen LogP contribution in [-0.4, -0.2) is 24.5 Å². The van der Waals surface area contributed by atoms with E-state index in [1.54, 1.807) is 29.3 Å². The number of anilines is 2. The fourth-order valence-electron chi connectivity index (χ4n) is 4.32. The lowest BCUT2D eigenvalue weighted by Gasteiger charge is -2.28. The van der Waals surface area contributed by atoms with E-state index in [0.717, 1.165) is 15.7 Å². The number of ether oxygens (including phenoxy) is 1. The van der Waals surface area contributed by atoms with Crippen molar-refractivity contribution in [3.05, 3.63) is 88.9 Å². The zero-order valence-electron chi connectivity index (χ0n) is 17.4. The second-order valence-corrected chi connectivity index (χ2v) is 8.56. The molecule has 0 aromatic heterocycles. The van der Waals surface area contributed by atoms with E-state index >= 15 is 0 Å². The second-order valence-electron chi connectivity index (χ2n) is 7.65. The predicted molar refractivity (Wildman–Crippen MR) is 124 cm³/mol. The first-order valence-corrected chi connectivity index (χ1v) is 11.2. The third-order valence-corrected chi connectivity index (χ3v) is 6.27. The van der Waals surface area contributed by atoms with Gasteiger partial charge in [-0.3, -0.25) is 14.4 Å². The summed E-state index contributed by atoms with van der Waals surface area (Å²) in [6.07, 6.45) is -0.886. The van der Waals surface area contributed by atoms with Gasteiger partial charge in [0.05, 0.1) is 24.0 Å². The summed E-state index contributed by atoms with van der Waals surface area (Å²) >= 11 is 3.46. The minimum absolute atomic E-state index is 0.268. The number of rotatable bonds is 5. The molecule has 0 spiro atoms. The summed E-state index contributed by atoms with van der Waals surface area (Å²) in [4.78, 5) is 34.3. The molecule has 32 heavy (non-hydrogen) atoms. The zero-order valence-corrected chi connectivity index (χ0v) is 18.9. The van der Waals surface area contributed by atoms with Crippen LogP contribution >= 0.6 is 15.9 Å². The molecule has 3 aromatic rings. The van der Waals surface area contributed by atoms with Crippen molar-refractivity contribution < 1.29 is 19.2 Å². The number of carbonyl (C=O) groups excluding carboxylic acids is 2. The molecule has 3 aromatic carbocycles. The Hall–Kier alpha value is -3.16. The largest absolute Gasteiger partial charge is 0.494 e. The van der Waals surface area contributed by atoms with Crippen molar-refractivity contribution in [1.29, 1.82) is 0 Å². The topological polar surface area (TPSA) is 59.1 Å². The van der Waals surface area contributed by atoms with Crippen LogP contribution in [0.3, 0.4) is 0 Å². The van der Waals surface area contributed by atoms with Crippen LogP contribution in [0.1, 0.15) is 18.5 Å². The minimum atomic E-state index is -0.886. The van der Waals surface area contributed by atoms with E-state index in [1.807, 2.05) is 61.5 Å². The number of hydrogen-bond acceptors (Lipinski definition) is 5. The quantitative estimate of drug-likeness (QED) is 0.474. The van der Waals surface area contributed by atoms with Gasteiger partial charge < -0.3 is 4.74 Å². The Morgan fingerprint density at radius 3 is 2.22 bits per heavy atom. The molecular weight excluding hydrogens is 472 g/mol. The number of amides is 2. The van der Waals surface area contributed by atoms with Gasteiger partial charge in [0.2, 0.25) is 5.91 Å². The van der Waals surface area contributed by atoms with Gasteiger partial charge in [-0.1, -0.05) is 46.3 Å². The molecule has 162 valence electrons. The van der Waals surface area contributed by atoms with E-state index in [4.69, 9.17) is 9.57 Å². The van der Waals surface area contributed by atoms with Crippen molar-refractivity contribution in [2.45, 2.75) is 19.1 Å². The summed E-state index contributed by atoms with van der Waals surface area (Å²) in [5.41, 5.74) is 2.21. The SMILES string of the molecule is CCOc1ccc(N2C(=O)[C@@H]3[C@@H](c4ccc(Br)cc4)N(c4ccccc4)O[C@H]3C2=O)cc1. The highest BCUT2D eigenvalue weighted by atomic mass is 79.9. The fraction of sp³-hybridized carbons (Fsp3) is 0.200. The van der Waals surface area contributed by atoms with Crippen LogP contribution in [-0.2, 0) is 14.4 Å². The van der Waals surface area contributed by atoms with Crippen molar-refractivity contribution in [3.8, 4) is 5.75 Å². The van der Waals surface area contributed by atoms with Crippen molar-refractivity contribution in [2.24, 2.45) is 5.92 Å². The van der Waals surface area contributed by atoms with E-state index in [-0.39, 0.29) is 11.8 Å². The fourth-order valence-corrected chi connectivity index (χ4v) is 4.59. The molecule has 0 aliphatic carbocycles.